The standard InChI is InChI=1S/C17H21N3O3S/c1-2-14-5-7-16(8-6-14)24(21,22)20-11-3-4-15(13-20)23-17-12-18-9-10-19-17/h5-10,12,15H,2-4,11,13H2,1H3. The lowest BCUT2D eigenvalue weighted by Crippen LogP contribution is -2.44. The minimum atomic E-state index is -3.49. The van der Waals surface area contributed by atoms with Gasteiger partial charge in [-0.05, 0) is 37.0 Å². The van der Waals surface area contributed by atoms with Crippen molar-refractivity contribution in [3.05, 3.63) is 48.4 Å². The summed E-state index contributed by atoms with van der Waals surface area (Å²) in [5, 5.41) is 0. The lowest BCUT2D eigenvalue weighted by atomic mass is 10.1. The maximum atomic E-state index is 12.8. The van der Waals surface area contributed by atoms with Crippen molar-refractivity contribution in [2.24, 2.45) is 0 Å². The fourth-order valence-electron chi connectivity index (χ4n) is 2.78. The molecule has 0 radical (unpaired) electrons. The average molecular weight is 347 g/mol. The molecule has 1 fully saturated rings. The molecule has 1 saturated heterocycles. The van der Waals surface area contributed by atoms with E-state index in [0.717, 1.165) is 24.8 Å². The van der Waals surface area contributed by atoms with Crippen LogP contribution < -0.4 is 4.74 Å². The van der Waals surface area contributed by atoms with Gasteiger partial charge in [-0.3, -0.25) is 4.98 Å². The molecule has 24 heavy (non-hydrogen) atoms. The zero-order chi connectivity index (χ0) is 17.0. The summed E-state index contributed by atoms with van der Waals surface area (Å²) in [5.74, 6) is 0.425. The van der Waals surface area contributed by atoms with Crippen LogP contribution in [0.25, 0.3) is 0 Å². The van der Waals surface area contributed by atoms with E-state index in [0.29, 0.717) is 23.9 Å². The molecule has 2 heterocycles. The Morgan fingerprint density at radius 2 is 2.04 bits per heavy atom. The summed E-state index contributed by atoms with van der Waals surface area (Å²) in [7, 11) is -3.49. The molecule has 1 aromatic carbocycles. The molecule has 1 aromatic heterocycles. The molecule has 128 valence electrons. The molecule has 0 spiro atoms. The molecule has 0 saturated carbocycles. The smallest absolute Gasteiger partial charge is 0.243 e. The lowest BCUT2D eigenvalue weighted by molar-refractivity contribution is 0.124. The quantitative estimate of drug-likeness (QED) is 0.830. The van der Waals surface area contributed by atoms with Crippen LogP contribution in [0.5, 0.6) is 5.88 Å². The summed E-state index contributed by atoms with van der Waals surface area (Å²) in [5.41, 5.74) is 1.12. The molecule has 6 nitrogen and oxygen atoms in total. The van der Waals surface area contributed by atoms with Crippen LogP contribution in [-0.2, 0) is 16.4 Å². The van der Waals surface area contributed by atoms with Gasteiger partial charge in [0.05, 0.1) is 17.6 Å². The van der Waals surface area contributed by atoms with Crippen molar-refractivity contribution in [1.82, 2.24) is 14.3 Å². The van der Waals surface area contributed by atoms with Crippen LogP contribution in [-0.4, -0.2) is 41.9 Å². The van der Waals surface area contributed by atoms with Crippen LogP contribution in [0.3, 0.4) is 0 Å². The summed E-state index contributed by atoms with van der Waals surface area (Å²) >= 11 is 0. The number of hydrogen-bond acceptors (Lipinski definition) is 5. The van der Waals surface area contributed by atoms with Gasteiger partial charge < -0.3 is 4.74 Å². The van der Waals surface area contributed by atoms with Crippen LogP contribution in [0.1, 0.15) is 25.3 Å². The van der Waals surface area contributed by atoms with E-state index in [1.54, 1.807) is 24.5 Å². The van der Waals surface area contributed by atoms with Crippen molar-refractivity contribution < 1.29 is 13.2 Å². The Bertz CT molecular complexity index is 763. The van der Waals surface area contributed by atoms with Crippen molar-refractivity contribution in [1.29, 1.82) is 0 Å². The molecule has 1 aliphatic heterocycles. The SMILES string of the molecule is CCc1ccc(S(=O)(=O)N2CCCC(Oc3cnccn3)C2)cc1. The van der Waals surface area contributed by atoms with E-state index < -0.39 is 10.0 Å². The second-order valence-electron chi connectivity index (χ2n) is 5.79. The van der Waals surface area contributed by atoms with Gasteiger partial charge in [-0.2, -0.15) is 4.31 Å². The van der Waals surface area contributed by atoms with Gasteiger partial charge in [-0.1, -0.05) is 19.1 Å². The second kappa shape index (κ2) is 7.27. The first-order valence-electron chi connectivity index (χ1n) is 8.11. The van der Waals surface area contributed by atoms with Crippen molar-refractivity contribution in [2.75, 3.05) is 13.1 Å². The predicted molar refractivity (Wildman–Crippen MR) is 90.3 cm³/mol. The zero-order valence-electron chi connectivity index (χ0n) is 13.6. The Balaban J connectivity index is 1.73. The number of rotatable bonds is 5. The number of piperidine rings is 1. The largest absolute Gasteiger partial charge is 0.472 e. The van der Waals surface area contributed by atoms with E-state index in [1.165, 1.54) is 10.5 Å². The number of ether oxygens (including phenoxy) is 1. The third-order valence-electron chi connectivity index (χ3n) is 4.14. The highest BCUT2D eigenvalue weighted by atomic mass is 32.2. The normalized spacial score (nSPS) is 19.1. The maximum Gasteiger partial charge on any atom is 0.243 e. The monoisotopic (exact) mass is 347 g/mol. The van der Waals surface area contributed by atoms with E-state index in [1.807, 2.05) is 19.1 Å². The molecule has 0 aliphatic carbocycles. The van der Waals surface area contributed by atoms with Gasteiger partial charge in [0.1, 0.15) is 6.10 Å². The number of hydrogen-bond donors (Lipinski definition) is 0. The van der Waals surface area contributed by atoms with Crippen LogP contribution in [0, 0.1) is 0 Å². The number of aromatic nitrogens is 2. The topological polar surface area (TPSA) is 72.4 Å². The van der Waals surface area contributed by atoms with Gasteiger partial charge in [-0.25, -0.2) is 13.4 Å². The molecule has 0 N–H and O–H groups in total. The molecule has 7 heteroatoms. The van der Waals surface area contributed by atoms with Crippen LogP contribution in [0.2, 0.25) is 0 Å². The molecule has 1 atom stereocenters. The fourth-order valence-corrected chi connectivity index (χ4v) is 4.29. The number of benzene rings is 1. The van der Waals surface area contributed by atoms with E-state index in [2.05, 4.69) is 9.97 Å². The Morgan fingerprint density at radius 1 is 1.25 bits per heavy atom. The first-order chi connectivity index (χ1) is 11.6. The van der Waals surface area contributed by atoms with Crippen LogP contribution in [0.4, 0.5) is 0 Å². The lowest BCUT2D eigenvalue weighted by Gasteiger charge is -2.31. The summed E-state index contributed by atoms with van der Waals surface area (Å²) in [6, 6.07) is 7.09. The molecule has 1 unspecified atom stereocenters. The number of aryl methyl sites for hydroxylation is 1. The van der Waals surface area contributed by atoms with E-state index in [4.69, 9.17) is 4.74 Å². The molecule has 1 aliphatic rings. The first-order valence-corrected chi connectivity index (χ1v) is 9.55. The van der Waals surface area contributed by atoms with Gasteiger partial charge in [-0.15, -0.1) is 0 Å². The highest BCUT2D eigenvalue weighted by Gasteiger charge is 2.31. The third-order valence-corrected chi connectivity index (χ3v) is 6.02. The van der Waals surface area contributed by atoms with Gasteiger partial charge in [0, 0.05) is 18.9 Å². The molecule has 0 bridgehead atoms. The number of sulfonamides is 1. The molecule has 2 aromatic rings. The number of nitrogens with zero attached hydrogens (tertiary/aromatic N) is 3. The van der Waals surface area contributed by atoms with Gasteiger partial charge in [0.15, 0.2) is 0 Å². The van der Waals surface area contributed by atoms with Crippen molar-refractivity contribution in [3.8, 4) is 5.88 Å². The molecule has 3 rings (SSSR count). The zero-order valence-corrected chi connectivity index (χ0v) is 14.4. The summed E-state index contributed by atoms with van der Waals surface area (Å²) in [4.78, 5) is 8.38. The van der Waals surface area contributed by atoms with Crippen LogP contribution in [0.15, 0.2) is 47.8 Å². The highest BCUT2D eigenvalue weighted by molar-refractivity contribution is 7.89. The maximum absolute atomic E-state index is 12.8. The van der Waals surface area contributed by atoms with Gasteiger partial charge >= 0.3 is 0 Å². The van der Waals surface area contributed by atoms with E-state index in [9.17, 15) is 8.42 Å². The predicted octanol–water partition coefficient (Wildman–Crippen LogP) is 2.27. The minimum absolute atomic E-state index is 0.208. The second-order valence-corrected chi connectivity index (χ2v) is 7.72. The molecule has 0 amide bonds. The Kier molecular flexibility index (Phi) is 5.11. The Hall–Kier alpha value is -1.99. The minimum Gasteiger partial charge on any atom is -0.472 e. The van der Waals surface area contributed by atoms with Crippen molar-refractivity contribution in [3.63, 3.8) is 0 Å². The Labute approximate surface area is 142 Å². The summed E-state index contributed by atoms with van der Waals surface area (Å²) in [6.45, 7) is 2.88. The fraction of sp³-hybridized carbons (Fsp3) is 0.412. The van der Waals surface area contributed by atoms with Crippen molar-refractivity contribution in [2.45, 2.75) is 37.2 Å². The molecular weight excluding hydrogens is 326 g/mol. The van der Waals surface area contributed by atoms with Gasteiger partial charge in [0.25, 0.3) is 0 Å². The summed E-state index contributed by atoms with van der Waals surface area (Å²) < 4.78 is 32.9. The third kappa shape index (κ3) is 3.73. The van der Waals surface area contributed by atoms with E-state index in [-0.39, 0.29) is 6.10 Å². The first kappa shape index (κ1) is 16.9. The Morgan fingerprint density at radius 3 is 2.71 bits per heavy atom. The average Bonchev–Trinajstić information content (AvgIpc) is 2.63. The van der Waals surface area contributed by atoms with Gasteiger partial charge in [0.2, 0.25) is 15.9 Å². The van der Waals surface area contributed by atoms with E-state index >= 15 is 0 Å². The van der Waals surface area contributed by atoms with Crippen LogP contribution >= 0.6 is 0 Å². The van der Waals surface area contributed by atoms with Crippen molar-refractivity contribution >= 4 is 10.0 Å². The molecular formula is C17H21N3O3S. The highest BCUT2D eigenvalue weighted by Crippen LogP contribution is 2.23. The summed E-state index contributed by atoms with van der Waals surface area (Å²) in [6.07, 6.45) is 6.91.